The summed E-state index contributed by atoms with van der Waals surface area (Å²) < 4.78 is 11.0. The van der Waals surface area contributed by atoms with Crippen molar-refractivity contribution in [3.8, 4) is 11.8 Å². The smallest absolute Gasteiger partial charge is 0.339 e. The van der Waals surface area contributed by atoms with Gasteiger partial charge in [-0.1, -0.05) is 113 Å². The summed E-state index contributed by atoms with van der Waals surface area (Å²) in [6, 6.07) is 18.3. The Balaban J connectivity index is 1.44. The van der Waals surface area contributed by atoms with E-state index in [2.05, 4.69) is 18.8 Å². The van der Waals surface area contributed by atoms with Gasteiger partial charge in [0.25, 0.3) is 0 Å². The van der Waals surface area contributed by atoms with Crippen LogP contribution in [0.15, 0.2) is 60.7 Å². The van der Waals surface area contributed by atoms with E-state index in [0.29, 0.717) is 17.7 Å². The molecule has 1 atom stereocenters. The van der Waals surface area contributed by atoms with Gasteiger partial charge < -0.3 is 9.47 Å². The zero-order valence-corrected chi connectivity index (χ0v) is 22.6. The Morgan fingerprint density at radius 2 is 1.19 bits per heavy atom. The summed E-state index contributed by atoms with van der Waals surface area (Å²) >= 11 is 0. The van der Waals surface area contributed by atoms with Gasteiger partial charge in [0, 0.05) is 6.42 Å². The summed E-state index contributed by atoms with van der Waals surface area (Å²) in [6.45, 7) is 2.64. The molecule has 4 nitrogen and oxygen atoms in total. The number of ether oxygens (including phenoxy) is 2. The maximum absolute atomic E-state index is 12.3. The van der Waals surface area contributed by atoms with E-state index in [9.17, 15) is 9.59 Å². The van der Waals surface area contributed by atoms with Crippen LogP contribution in [0.5, 0.6) is 0 Å². The van der Waals surface area contributed by atoms with Gasteiger partial charge in [-0.15, -0.1) is 0 Å². The highest BCUT2D eigenvalue weighted by Crippen LogP contribution is 2.13. The highest BCUT2D eigenvalue weighted by Gasteiger charge is 2.13. The third kappa shape index (κ3) is 14.3. The number of rotatable bonds is 18. The Bertz CT molecular complexity index is 927. The number of carbonyl (C=O) groups excluding carboxylic acids is 2. The van der Waals surface area contributed by atoms with Crippen molar-refractivity contribution in [2.45, 2.75) is 103 Å². The Morgan fingerprint density at radius 1 is 0.676 bits per heavy atom. The van der Waals surface area contributed by atoms with E-state index in [-0.39, 0.29) is 18.0 Å². The monoisotopic (exact) mass is 504 g/mol. The average Bonchev–Trinajstić information content (AvgIpc) is 2.94. The summed E-state index contributed by atoms with van der Waals surface area (Å²) in [6.07, 6.45) is 15.3. The van der Waals surface area contributed by atoms with E-state index in [1.807, 2.05) is 36.4 Å². The largest absolute Gasteiger partial charge is 0.462 e. The average molecular weight is 505 g/mol. The summed E-state index contributed by atoms with van der Waals surface area (Å²) in [7, 11) is 0. The fraction of sp³-hybridized carbons (Fsp3) is 0.515. The van der Waals surface area contributed by atoms with Gasteiger partial charge in [0.05, 0.1) is 17.7 Å². The highest BCUT2D eigenvalue weighted by molar-refractivity contribution is 5.89. The number of esters is 2. The van der Waals surface area contributed by atoms with Crippen LogP contribution in [0.1, 0.15) is 118 Å². The van der Waals surface area contributed by atoms with E-state index in [0.717, 1.165) is 44.9 Å². The third-order valence-electron chi connectivity index (χ3n) is 6.28. The van der Waals surface area contributed by atoms with Gasteiger partial charge in [0.15, 0.2) is 6.10 Å². The molecular weight excluding hydrogens is 460 g/mol. The van der Waals surface area contributed by atoms with Crippen molar-refractivity contribution in [2.75, 3.05) is 6.61 Å². The quantitative estimate of drug-likeness (QED) is 0.116. The van der Waals surface area contributed by atoms with Crippen molar-refractivity contribution < 1.29 is 19.1 Å². The molecule has 0 unspecified atom stereocenters. The lowest BCUT2D eigenvalue weighted by Gasteiger charge is -2.12. The van der Waals surface area contributed by atoms with Gasteiger partial charge in [-0.2, -0.15) is 0 Å². The third-order valence-corrected chi connectivity index (χ3v) is 6.28. The van der Waals surface area contributed by atoms with Crippen molar-refractivity contribution in [2.24, 2.45) is 0 Å². The molecular formula is C33H44O4. The topological polar surface area (TPSA) is 52.6 Å². The first kappa shape index (κ1) is 30.2. The molecule has 0 spiro atoms. The molecule has 37 heavy (non-hydrogen) atoms. The lowest BCUT2D eigenvalue weighted by Crippen LogP contribution is -2.16. The Morgan fingerprint density at radius 3 is 1.76 bits per heavy atom. The van der Waals surface area contributed by atoms with Gasteiger partial charge in [-0.3, -0.25) is 0 Å². The molecule has 4 heteroatoms. The molecule has 2 aromatic carbocycles. The second-order valence-corrected chi connectivity index (χ2v) is 9.51. The lowest BCUT2D eigenvalue weighted by molar-refractivity contribution is 0.0392. The molecule has 0 radical (unpaired) electrons. The van der Waals surface area contributed by atoms with Crippen molar-refractivity contribution in [1.29, 1.82) is 0 Å². The van der Waals surface area contributed by atoms with E-state index < -0.39 is 0 Å². The van der Waals surface area contributed by atoms with Crippen molar-refractivity contribution >= 4 is 11.9 Å². The molecule has 0 aliphatic carbocycles. The molecule has 0 bridgehead atoms. The summed E-state index contributed by atoms with van der Waals surface area (Å²) in [4.78, 5) is 24.2. The Labute approximate surface area is 224 Å². The first-order valence-electron chi connectivity index (χ1n) is 14.2. The fourth-order valence-electron chi connectivity index (χ4n) is 4.06. The minimum Gasteiger partial charge on any atom is -0.462 e. The molecule has 0 amide bonds. The molecule has 0 heterocycles. The zero-order valence-electron chi connectivity index (χ0n) is 22.6. The Hall–Kier alpha value is -3.06. The number of unbranched alkanes of at least 4 members (excludes halogenated alkanes) is 11. The van der Waals surface area contributed by atoms with Gasteiger partial charge in [0.1, 0.15) is 0 Å². The lowest BCUT2D eigenvalue weighted by atomic mass is 10.1. The van der Waals surface area contributed by atoms with E-state index >= 15 is 0 Å². The molecule has 2 aromatic rings. The summed E-state index contributed by atoms with van der Waals surface area (Å²) in [5.74, 6) is 5.92. The van der Waals surface area contributed by atoms with E-state index in [4.69, 9.17) is 9.47 Å². The molecule has 0 N–H and O–H groups in total. The van der Waals surface area contributed by atoms with Crippen LogP contribution in [0.25, 0.3) is 0 Å². The van der Waals surface area contributed by atoms with Crippen molar-refractivity contribution in [1.82, 2.24) is 0 Å². The van der Waals surface area contributed by atoms with Crippen LogP contribution in [0.4, 0.5) is 0 Å². The summed E-state index contributed by atoms with van der Waals surface area (Å²) in [5.41, 5.74) is 1.20. The second kappa shape index (κ2) is 20.0. The normalized spacial score (nSPS) is 11.3. The van der Waals surface area contributed by atoms with E-state index in [1.54, 1.807) is 24.3 Å². The number of hydrogen-bond acceptors (Lipinski definition) is 4. The number of hydrogen-bond donors (Lipinski definition) is 0. The fourth-order valence-corrected chi connectivity index (χ4v) is 4.06. The minimum atomic E-state index is -0.316. The van der Waals surface area contributed by atoms with E-state index in [1.165, 1.54) is 44.9 Å². The molecule has 0 aliphatic heterocycles. The van der Waals surface area contributed by atoms with Crippen molar-refractivity contribution in [3.63, 3.8) is 0 Å². The SMILES string of the molecule is CCCC[C@@H](C#CCCCCCCCCCCCCOC(=O)c1ccccc1)OC(=O)c1ccccc1. The maximum Gasteiger partial charge on any atom is 0.339 e. The molecule has 0 fully saturated rings. The summed E-state index contributed by atoms with van der Waals surface area (Å²) in [5, 5.41) is 0. The maximum atomic E-state index is 12.3. The first-order valence-corrected chi connectivity index (χ1v) is 14.2. The predicted molar refractivity (Wildman–Crippen MR) is 150 cm³/mol. The molecule has 200 valence electrons. The second-order valence-electron chi connectivity index (χ2n) is 9.51. The van der Waals surface area contributed by atoms with Crippen LogP contribution in [0, 0.1) is 11.8 Å². The highest BCUT2D eigenvalue weighted by atomic mass is 16.5. The van der Waals surface area contributed by atoms with Crippen LogP contribution in [-0.2, 0) is 9.47 Å². The minimum absolute atomic E-state index is 0.227. The first-order chi connectivity index (χ1) is 18.2. The molecule has 0 aromatic heterocycles. The van der Waals surface area contributed by atoms with Gasteiger partial charge >= 0.3 is 11.9 Å². The predicted octanol–water partition coefficient (Wildman–Crippen LogP) is 8.55. The Kier molecular flexibility index (Phi) is 16.3. The number of benzene rings is 2. The van der Waals surface area contributed by atoms with Crippen LogP contribution in [0.2, 0.25) is 0 Å². The number of carbonyl (C=O) groups is 2. The molecule has 2 rings (SSSR count). The van der Waals surface area contributed by atoms with Crippen LogP contribution >= 0.6 is 0 Å². The standard InChI is InChI=1S/C33H44O4/c1-2-3-26-31(37-33(35)30-24-18-15-19-25-30)27-20-12-10-8-6-4-5-7-9-11-13-21-28-36-32(34)29-22-16-14-17-23-29/h14-19,22-25,31H,2-13,21,26,28H2,1H3/t31-/m0/s1. The van der Waals surface area contributed by atoms with Gasteiger partial charge in [-0.25, -0.2) is 9.59 Å². The van der Waals surface area contributed by atoms with Gasteiger partial charge in [0.2, 0.25) is 0 Å². The van der Waals surface area contributed by atoms with Crippen LogP contribution < -0.4 is 0 Å². The van der Waals surface area contributed by atoms with Gasteiger partial charge in [-0.05, 0) is 49.9 Å². The molecule has 0 saturated carbocycles. The zero-order chi connectivity index (χ0) is 26.4. The van der Waals surface area contributed by atoms with Crippen molar-refractivity contribution in [3.05, 3.63) is 71.8 Å². The van der Waals surface area contributed by atoms with Crippen LogP contribution in [0.3, 0.4) is 0 Å². The molecule has 0 aliphatic rings. The van der Waals surface area contributed by atoms with Crippen LogP contribution in [-0.4, -0.2) is 24.6 Å². The molecule has 0 saturated heterocycles.